The summed E-state index contributed by atoms with van der Waals surface area (Å²) in [5.74, 6) is 0.516. The van der Waals surface area contributed by atoms with Gasteiger partial charge in [-0.25, -0.2) is 0 Å². The van der Waals surface area contributed by atoms with E-state index < -0.39 is 6.04 Å². The SMILES string of the molecule is NC1C(=O)Nc2cc(OCC3CCCO3)c(Br)cc21. The van der Waals surface area contributed by atoms with Crippen LogP contribution in [0.1, 0.15) is 24.4 Å². The maximum absolute atomic E-state index is 11.5. The number of hydrogen-bond donors (Lipinski definition) is 2. The number of halogens is 1. The highest BCUT2D eigenvalue weighted by Crippen LogP contribution is 2.38. The van der Waals surface area contributed by atoms with E-state index in [-0.39, 0.29) is 12.0 Å². The molecule has 0 aliphatic carbocycles. The predicted octanol–water partition coefficient (Wildman–Crippen LogP) is 1.96. The second kappa shape index (κ2) is 5.11. The summed E-state index contributed by atoms with van der Waals surface area (Å²) in [6.45, 7) is 1.34. The first-order chi connectivity index (χ1) is 9.15. The number of rotatable bonds is 3. The summed E-state index contributed by atoms with van der Waals surface area (Å²) >= 11 is 3.45. The number of anilines is 1. The number of amides is 1. The van der Waals surface area contributed by atoms with Crippen LogP contribution in [0.2, 0.25) is 0 Å². The molecule has 1 saturated heterocycles. The van der Waals surface area contributed by atoms with Crippen LogP contribution in [0.3, 0.4) is 0 Å². The van der Waals surface area contributed by atoms with Gasteiger partial charge in [0.05, 0.1) is 10.6 Å². The molecule has 5 nitrogen and oxygen atoms in total. The Morgan fingerprint density at radius 3 is 3.11 bits per heavy atom. The number of fused-ring (bicyclic) bond motifs is 1. The normalized spacial score (nSPS) is 25.3. The lowest BCUT2D eigenvalue weighted by Gasteiger charge is -2.14. The van der Waals surface area contributed by atoms with Crippen molar-refractivity contribution < 1.29 is 14.3 Å². The highest BCUT2D eigenvalue weighted by atomic mass is 79.9. The molecule has 2 heterocycles. The lowest BCUT2D eigenvalue weighted by atomic mass is 10.1. The predicted molar refractivity (Wildman–Crippen MR) is 74.2 cm³/mol. The van der Waals surface area contributed by atoms with Gasteiger partial charge in [0.25, 0.3) is 0 Å². The molecule has 6 heteroatoms. The average Bonchev–Trinajstić information content (AvgIpc) is 2.98. The van der Waals surface area contributed by atoms with Gasteiger partial charge < -0.3 is 20.5 Å². The van der Waals surface area contributed by atoms with Crippen molar-refractivity contribution in [2.45, 2.75) is 25.0 Å². The quantitative estimate of drug-likeness (QED) is 0.890. The van der Waals surface area contributed by atoms with Crippen LogP contribution in [0.4, 0.5) is 5.69 Å². The number of benzene rings is 1. The van der Waals surface area contributed by atoms with Crippen LogP contribution in [0.5, 0.6) is 5.75 Å². The zero-order valence-electron chi connectivity index (χ0n) is 10.3. The van der Waals surface area contributed by atoms with Gasteiger partial charge in [0.2, 0.25) is 5.91 Å². The number of ether oxygens (including phenoxy) is 2. The van der Waals surface area contributed by atoms with E-state index in [1.54, 1.807) is 6.07 Å². The molecule has 3 N–H and O–H groups in total. The highest BCUT2D eigenvalue weighted by molar-refractivity contribution is 9.10. The van der Waals surface area contributed by atoms with Crippen molar-refractivity contribution in [3.63, 3.8) is 0 Å². The summed E-state index contributed by atoms with van der Waals surface area (Å²) in [5, 5.41) is 2.75. The van der Waals surface area contributed by atoms with Crippen LogP contribution in [0.25, 0.3) is 0 Å². The van der Waals surface area contributed by atoms with Crippen LogP contribution in [0.15, 0.2) is 16.6 Å². The summed E-state index contributed by atoms with van der Waals surface area (Å²) in [6.07, 6.45) is 2.28. The summed E-state index contributed by atoms with van der Waals surface area (Å²) in [7, 11) is 0. The van der Waals surface area contributed by atoms with Crippen LogP contribution in [-0.2, 0) is 9.53 Å². The van der Waals surface area contributed by atoms with Crippen molar-refractivity contribution >= 4 is 27.5 Å². The van der Waals surface area contributed by atoms with E-state index >= 15 is 0 Å². The van der Waals surface area contributed by atoms with Crippen LogP contribution < -0.4 is 15.8 Å². The van der Waals surface area contributed by atoms with E-state index in [0.717, 1.165) is 35.2 Å². The van der Waals surface area contributed by atoms with Crippen molar-refractivity contribution in [2.75, 3.05) is 18.5 Å². The molecule has 1 amide bonds. The minimum absolute atomic E-state index is 0.164. The molecule has 1 fully saturated rings. The number of carbonyl (C=O) groups is 1. The number of carbonyl (C=O) groups excluding carboxylic acids is 1. The van der Waals surface area contributed by atoms with Crippen molar-refractivity contribution in [3.8, 4) is 5.75 Å². The van der Waals surface area contributed by atoms with E-state index in [4.69, 9.17) is 15.2 Å². The first-order valence-electron chi connectivity index (χ1n) is 6.29. The van der Waals surface area contributed by atoms with Gasteiger partial charge in [0.1, 0.15) is 18.4 Å². The molecule has 19 heavy (non-hydrogen) atoms. The fraction of sp³-hybridized carbons (Fsp3) is 0.462. The molecule has 2 atom stereocenters. The van der Waals surface area contributed by atoms with Gasteiger partial charge in [0.15, 0.2) is 0 Å². The van der Waals surface area contributed by atoms with E-state index in [2.05, 4.69) is 21.2 Å². The Hall–Kier alpha value is -1.11. The molecule has 102 valence electrons. The first kappa shape index (κ1) is 12.9. The monoisotopic (exact) mass is 326 g/mol. The molecule has 1 aromatic rings. The summed E-state index contributed by atoms with van der Waals surface area (Å²) < 4.78 is 12.1. The second-order valence-electron chi connectivity index (χ2n) is 4.78. The molecule has 2 unspecified atom stereocenters. The van der Waals surface area contributed by atoms with Gasteiger partial charge in [-0.3, -0.25) is 4.79 Å². The molecule has 3 rings (SSSR count). The van der Waals surface area contributed by atoms with E-state index in [1.807, 2.05) is 6.07 Å². The van der Waals surface area contributed by atoms with Crippen molar-refractivity contribution in [1.82, 2.24) is 0 Å². The van der Waals surface area contributed by atoms with Crippen molar-refractivity contribution in [2.24, 2.45) is 5.73 Å². The fourth-order valence-corrected chi connectivity index (χ4v) is 2.83. The molecular formula is C13H15BrN2O3. The molecule has 2 aliphatic heterocycles. The van der Waals surface area contributed by atoms with Gasteiger partial charge in [0, 0.05) is 23.9 Å². The number of nitrogens with one attached hydrogen (secondary N) is 1. The zero-order valence-corrected chi connectivity index (χ0v) is 11.9. The molecule has 0 bridgehead atoms. The molecular weight excluding hydrogens is 312 g/mol. The molecule has 1 aromatic carbocycles. The van der Waals surface area contributed by atoms with E-state index in [0.29, 0.717) is 12.4 Å². The standard InChI is InChI=1S/C13H15BrN2O3/c14-9-4-8-10(16-13(17)12(8)15)5-11(9)19-6-7-2-1-3-18-7/h4-5,7,12H,1-3,6,15H2,(H,16,17). The molecule has 2 aliphatic rings. The van der Waals surface area contributed by atoms with Gasteiger partial charge in [-0.15, -0.1) is 0 Å². The Bertz CT molecular complexity index is 515. The molecule has 0 radical (unpaired) electrons. The highest BCUT2D eigenvalue weighted by Gasteiger charge is 2.28. The topological polar surface area (TPSA) is 73.6 Å². The maximum atomic E-state index is 11.5. The number of hydrogen-bond acceptors (Lipinski definition) is 4. The maximum Gasteiger partial charge on any atom is 0.245 e. The molecule has 0 spiro atoms. The third-order valence-corrected chi connectivity index (χ3v) is 4.05. The van der Waals surface area contributed by atoms with Crippen LogP contribution in [0, 0.1) is 0 Å². The summed E-state index contributed by atoms with van der Waals surface area (Å²) in [5.41, 5.74) is 7.31. The van der Waals surface area contributed by atoms with Gasteiger partial charge in [-0.1, -0.05) is 0 Å². The zero-order chi connectivity index (χ0) is 13.4. The largest absolute Gasteiger partial charge is 0.490 e. The molecule has 0 saturated carbocycles. The van der Waals surface area contributed by atoms with Crippen LogP contribution in [-0.4, -0.2) is 25.2 Å². The van der Waals surface area contributed by atoms with Crippen molar-refractivity contribution in [1.29, 1.82) is 0 Å². The van der Waals surface area contributed by atoms with Crippen LogP contribution >= 0.6 is 15.9 Å². The minimum Gasteiger partial charge on any atom is -0.490 e. The fourth-order valence-electron chi connectivity index (χ4n) is 2.36. The summed E-state index contributed by atoms with van der Waals surface area (Å²) in [6, 6.07) is 3.04. The molecule has 0 aromatic heterocycles. The average molecular weight is 327 g/mol. The number of nitrogens with two attached hydrogens (primary N) is 1. The van der Waals surface area contributed by atoms with E-state index in [1.165, 1.54) is 0 Å². The minimum atomic E-state index is -0.599. The third kappa shape index (κ3) is 2.48. The van der Waals surface area contributed by atoms with Gasteiger partial charge in [-0.05, 0) is 34.8 Å². The smallest absolute Gasteiger partial charge is 0.245 e. The Kier molecular flexibility index (Phi) is 3.47. The Labute approximate surface area is 119 Å². The lowest BCUT2D eigenvalue weighted by molar-refractivity contribution is -0.116. The first-order valence-corrected chi connectivity index (χ1v) is 7.09. The Morgan fingerprint density at radius 1 is 1.53 bits per heavy atom. The third-order valence-electron chi connectivity index (χ3n) is 3.43. The van der Waals surface area contributed by atoms with E-state index in [9.17, 15) is 4.79 Å². The Morgan fingerprint density at radius 2 is 2.37 bits per heavy atom. The summed E-state index contributed by atoms with van der Waals surface area (Å²) in [4.78, 5) is 11.5. The lowest BCUT2D eigenvalue weighted by Crippen LogP contribution is -2.19. The Balaban J connectivity index is 1.76. The van der Waals surface area contributed by atoms with Crippen molar-refractivity contribution in [3.05, 3.63) is 22.2 Å². The second-order valence-corrected chi connectivity index (χ2v) is 5.64. The van der Waals surface area contributed by atoms with Gasteiger partial charge in [-0.2, -0.15) is 0 Å². The van der Waals surface area contributed by atoms with Gasteiger partial charge >= 0.3 is 0 Å².